The van der Waals surface area contributed by atoms with Crippen molar-refractivity contribution in [2.45, 2.75) is 19.5 Å². The summed E-state index contributed by atoms with van der Waals surface area (Å²) in [6, 6.07) is 8.30. The summed E-state index contributed by atoms with van der Waals surface area (Å²) < 4.78 is 18.7. The topological polar surface area (TPSA) is 77.9 Å². The van der Waals surface area contributed by atoms with Crippen LogP contribution in [0.5, 0.6) is 0 Å². The van der Waals surface area contributed by atoms with Gasteiger partial charge in [0.15, 0.2) is 11.6 Å². The highest BCUT2D eigenvalue weighted by Crippen LogP contribution is 2.24. The van der Waals surface area contributed by atoms with Crippen molar-refractivity contribution in [3.8, 4) is 11.6 Å². The number of nitrogens with one attached hydrogen (secondary N) is 2. The first-order valence-corrected chi connectivity index (χ1v) is 8.81. The number of halogens is 1. The molecule has 27 heavy (non-hydrogen) atoms. The van der Waals surface area contributed by atoms with E-state index in [1.807, 2.05) is 6.20 Å². The zero-order valence-corrected chi connectivity index (χ0v) is 14.5. The molecule has 0 atom stereocenters. The van der Waals surface area contributed by atoms with Crippen LogP contribution in [-0.2, 0) is 19.5 Å². The monoisotopic (exact) mass is 364 g/mol. The second-order valence-corrected chi connectivity index (χ2v) is 6.78. The lowest BCUT2D eigenvalue weighted by Gasteiger charge is -2.27. The van der Waals surface area contributed by atoms with E-state index in [-0.39, 0.29) is 11.4 Å². The molecule has 0 bridgehead atoms. The standard InChI is InChI=1S/C20H17FN4O2/c21-13-3-4-14-12(9-22-17(14)8-13)10-25-6-5-16-15(11-25)20(26)24-19(23-16)18-2-1-7-27-18/h1-4,7-9,22H,5-6,10-11H2,(H,23,24,26). The fraction of sp³-hybridized carbons (Fsp3) is 0.200. The number of hydrogen-bond acceptors (Lipinski definition) is 4. The van der Waals surface area contributed by atoms with E-state index in [1.54, 1.807) is 24.5 Å². The number of furan rings is 1. The van der Waals surface area contributed by atoms with Crippen molar-refractivity contribution in [1.29, 1.82) is 0 Å². The van der Waals surface area contributed by atoms with Gasteiger partial charge in [0.25, 0.3) is 5.56 Å². The predicted molar refractivity (Wildman–Crippen MR) is 98.6 cm³/mol. The molecule has 136 valence electrons. The Hall–Kier alpha value is -3.19. The van der Waals surface area contributed by atoms with E-state index in [0.717, 1.165) is 28.7 Å². The van der Waals surface area contributed by atoms with E-state index in [0.29, 0.717) is 36.7 Å². The molecule has 0 saturated carbocycles. The summed E-state index contributed by atoms with van der Waals surface area (Å²) in [5.41, 5.74) is 3.26. The number of aromatic amines is 2. The van der Waals surface area contributed by atoms with Gasteiger partial charge in [-0.1, -0.05) is 0 Å². The molecule has 1 aliphatic heterocycles. The maximum Gasteiger partial charge on any atom is 0.256 e. The zero-order chi connectivity index (χ0) is 18.4. The summed E-state index contributed by atoms with van der Waals surface area (Å²) in [6.07, 6.45) is 4.16. The van der Waals surface area contributed by atoms with Crippen LogP contribution in [0.25, 0.3) is 22.5 Å². The van der Waals surface area contributed by atoms with Gasteiger partial charge in [-0.15, -0.1) is 0 Å². The Bertz CT molecular complexity index is 1180. The lowest BCUT2D eigenvalue weighted by Crippen LogP contribution is -2.35. The highest BCUT2D eigenvalue weighted by atomic mass is 19.1. The van der Waals surface area contributed by atoms with E-state index in [9.17, 15) is 9.18 Å². The van der Waals surface area contributed by atoms with Crippen molar-refractivity contribution in [3.63, 3.8) is 0 Å². The van der Waals surface area contributed by atoms with Crippen LogP contribution in [0.3, 0.4) is 0 Å². The number of benzene rings is 1. The van der Waals surface area contributed by atoms with Gasteiger partial charge in [-0.25, -0.2) is 9.37 Å². The Morgan fingerprint density at radius 1 is 1.30 bits per heavy atom. The molecule has 0 spiro atoms. The molecule has 0 saturated heterocycles. The van der Waals surface area contributed by atoms with Gasteiger partial charge in [0, 0.05) is 43.2 Å². The molecular weight excluding hydrogens is 347 g/mol. The van der Waals surface area contributed by atoms with Crippen molar-refractivity contribution < 1.29 is 8.81 Å². The smallest absolute Gasteiger partial charge is 0.256 e. The second kappa shape index (κ2) is 6.21. The van der Waals surface area contributed by atoms with Gasteiger partial charge in [0.1, 0.15) is 5.82 Å². The van der Waals surface area contributed by atoms with Crippen LogP contribution in [0.15, 0.2) is 52.0 Å². The molecule has 7 heteroatoms. The number of nitrogens with zero attached hydrogens (tertiary/aromatic N) is 2. The molecule has 4 aromatic rings. The minimum Gasteiger partial charge on any atom is -0.461 e. The van der Waals surface area contributed by atoms with Crippen LogP contribution >= 0.6 is 0 Å². The van der Waals surface area contributed by atoms with Gasteiger partial charge in [-0.3, -0.25) is 9.69 Å². The minimum atomic E-state index is -0.257. The van der Waals surface area contributed by atoms with Crippen molar-refractivity contribution in [3.05, 3.63) is 75.8 Å². The Labute approximate surface area is 153 Å². The van der Waals surface area contributed by atoms with E-state index < -0.39 is 0 Å². The molecule has 1 aliphatic rings. The van der Waals surface area contributed by atoms with Gasteiger partial charge >= 0.3 is 0 Å². The SMILES string of the molecule is O=c1[nH]c(-c2ccco2)nc2c1CN(Cc1c[nH]c3cc(F)ccc13)CC2. The summed E-state index contributed by atoms with van der Waals surface area (Å²) in [5, 5.41) is 1.00. The number of H-pyrrole nitrogens is 2. The van der Waals surface area contributed by atoms with Gasteiger partial charge < -0.3 is 14.4 Å². The van der Waals surface area contributed by atoms with Crippen molar-refractivity contribution in [1.82, 2.24) is 19.9 Å². The fourth-order valence-electron chi connectivity index (χ4n) is 3.68. The maximum atomic E-state index is 13.4. The van der Waals surface area contributed by atoms with Gasteiger partial charge in [-0.2, -0.15) is 0 Å². The first kappa shape index (κ1) is 16.0. The lowest BCUT2D eigenvalue weighted by atomic mass is 10.1. The van der Waals surface area contributed by atoms with Crippen molar-refractivity contribution >= 4 is 10.9 Å². The maximum absolute atomic E-state index is 13.4. The minimum absolute atomic E-state index is 0.128. The van der Waals surface area contributed by atoms with Crippen LogP contribution in [0, 0.1) is 5.82 Å². The molecule has 0 aliphatic carbocycles. The molecule has 2 N–H and O–H groups in total. The highest BCUT2D eigenvalue weighted by molar-refractivity contribution is 5.83. The van der Waals surface area contributed by atoms with Gasteiger partial charge in [0.05, 0.1) is 17.5 Å². The Balaban J connectivity index is 1.41. The van der Waals surface area contributed by atoms with Crippen molar-refractivity contribution in [2.75, 3.05) is 6.54 Å². The number of aromatic nitrogens is 3. The number of fused-ring (bicyclic) bond motifs is 2. The Kier molecular flexibility index (Phi) is 3.68. The largest absolute Gasteiger partial charge is 0.461 e. The molecule has 0 radical (unpaired) electrons. The fourth-order valence-corrected chi connectivity index (χ4v) is 3.68. The summed E-state index contributed by atoms with van der Waals surface area (Å²) in [5.74, 6) is 0.770. The molecule has 0 unspecified atom stereocenters. The Morgan fingerprint density at radius 2 is 2.22 bits per heavy atom. The van der Waals surface area contributed by atoms with E-state index in [1.165, 1.54) is 12.1 Å². The molecular formula is C20H17FN4O2. The third kappa shape index (κ3) is 2.86. The van der Waals surface area contributed by atoms with E-state index in [2.05, 4.69) is 19.9 Å². The molecule has 1 aromatic carbocycles. The number of hydrogen-bond donors (Lipinski definition) is 2. The molecule has 0 amide bonds. The predicted octanol–water partition coefficient (Wildman–Crippen LogP) is 3.21. The Morgan fingerprint density at radius 3 is 3.07 bits per heavy atom. The van der Waals surface area contributed by atoms with Crippen molar-refractivity contribution in [2.24, 2.45) is 0 Å². The average molecular weight is 364 g/mol. The molecule has 3 aromatic heterocycles. The second-order valence-electron chi connectivity index (χ2n) is 6.78. The summed E-state index contributed by atoms with van der Waals surface area (Å²) in [7, 11) is 0. The van der Waals surface area contributed by atoms with Crippen LogP contribution < -0.4 is 5.56 Å². The molecule has 6 nitrogen and oxygen atoms in total. The first-order valence-electron chi connectivity index (χ1n) is 8.81. The van der Waals surface area contributed by atoms with Gasteiger partial charge in [0.2, 0.25) is 0 Å². The quantitative estimate of drug-likeness (QED) is 0.585. The van der Waals surface area contributed by atoms with Crippen LogP contribution in [0.1, 0.15) is 16.8 Å². The highest BCUT2D eigenvalue weighted by Gasteiger charge is 2.22. The third-order valence-electron chi connectivity index (χ3n) is 5.03. The van der Waals surface area contributed by atoms with E-state index in [4.69, 9.17) is 4.42 Å². The van der Waals surface area contributed by atoms with E-state index >= 15 is 0 Å². The molecule has 5 rings (SSSR count). The van der Waals surface area contributed by atoms with Gasteiger partial charge in [-0.05, 0) is 35.9 Å². The molecule has 4 heterocycles. The van der Waals surface area contributed by atoms with Crippen LogP contribution in [-0.4, -0.2) is 26.4 Å². The van der Waals surface area contributed by atoms with Crippen LogP contribution in [0.2, 0.25) is 0 Å². The average Bonchev–Trinajstić information content (AvgIpc) is 3.32. The molecule has 0 fully saturated rings. The summed E-state index contributed by atoms with van der Waals surface area (Å²) in [6.45, 7) is 2.02. The first-order chi connectivity index (χ1) is 13.2. The lowest BCUT2D eigenvalue weighted by molar-refractivity contribution is 0.242. The summed E-state index contributed by atoms with van der Waals surface area (Å²) >= 11 is 0. The third-order valence-corrected chi connectivity index (χ3v) is 5.03. The van der Waals surface area contributed by atoms with Crippen LogP contribution in [0.4, 0.5) is 4.39 Å². The zero-order valence-electron chi connectivity index (χ0n) is 14.5. The normalized spacial score (nSPS) is 14.6. The summed E-state index contributed by atoms with van der Waals surface area (Å²) in [4.78, 5) is 25.3. The number of rotatable bonds is 3.